The van der Waals surface area contributed by atoms with Crippen LogP contribution in [0.25, 0.3) is 0 Å². The molecule has 0 amide bonds. The van der Waals surface area contributed by atoms with E-state index in [4.69, 9.17) is 25.8 Å². The van der Waals surface area contributed by atoms with Gasteiger partial charge in [0.15, 0.2) is 11.5 Å². The smallest absolute Gasteiger partial charge is 0.303 e. The van der Waals surface area contributed by atoms with Crippen LogP contribution in [0.2, 0.25) is 5.02 Å². The fourth-order valence-corrected chi connectivity index (χ4v) is 3.92. The van der Waals surface area contributed by atoms with Gasteiger partial charge >= 0.3 is 5.97 Å². The van der Waals surface area contributed by atoms with Gasteiger partial charge in [0.05, 0.1) is 14.2 Å². The Morgan fingerprint density at radius 2 is 1.79 bits per heavy atom. The number of ether oxygens (including phenoxy) is 3. The number of nitrogens with zero attached hydrogens (tertiary/aromatic N) is 1. The quantitative estimate of drug-likeness (QED) is 0.592. The van der Waals surface area contributed by atoms with Crippen molar-refractivity contribution in [2.24, 2.45) is 0 Å². The van der Waals surface area contributed by atoms with E-state index in [2.05, 4.69) is 18.0 Å². The molecule has 2 aromatic rings. The summed E-state index contributed by atoms with van der Waals surface area (Å²) in [5.41, 5.74) is 3.34. The summed E-state index contributed by atoms with van der Waals surface area (Å²) >= 11 is 6.02. The lowest BCUT2D eigenvalue weighted by molar-refractivity contribution is -0.147. The first-order valence-electron chi connectivity index (χ1n) is 9.30. The molecule has 29 heavy (non-hydrogen) atoms. The first-order chi connectivity index (χ1) is 13.4. The molecule has 0 aliphatic carbocycles. The molecule has 0 saturated heterocycles. The number of esters is 1. The third-order valence-corrected chi connectivity index (χ3v) is 5.51. The number of fused-ring (bicyclic) bond motifs is 1. The fourth-order valence-electron chi connectivity index (χ4n) is 3.79. The summed E-state index contributed by atoms with van der Waals surface area (Å²) in [5, 5.41) is 0.655. The molecule has 1 heterocycles. The average molecular weight is 440 g/mol. The van der Waals surface area contributed by atoms with Crippen molar-refractivity contribution in [3.8, 4) is 11.5 Å². The number of carbonyl (C=O) groups is 1. The third-order valence-electron chi connectivity index (χ3n) is 5.26. The van der Waals surface area contributed by atoms with Crippen LogP contribution in [0.5, 0.6) is 11.5 Å². The molecule has 2 unspecified atom stereocenters. The predicted molar refractivity (Wildman–Crippen MR) is 116 cm³/mol. The molecule has 0 bridgehead atoms. The number of rotatable bonds is 6. The first kappa shape index (κ1) is 23.3. The van der Waals surface area contributed by atoms with E-state index in [9.17, 15) is 4.79 Å². The average Bonchev–Trinajstić information content (AvgIpc) is 2.68. The Balaban J connectivity index is 0.00000300. The van der Waals surface area contributed by atoms with Crippen LogP contribution in [0.4, 0.5) is 0 Å². The lowest BCUT2D eigenvalue weighted by atomic mass is 9.87. The van der Waals surface area contributed by atoms with Gasteiger partial charge in [-0.1, -0.05) is 23.7 Å². The second-order valence-corrected chi connectivity index (χ2v) is 7.47. The Hall–Kier alpha value is -1.95. The van der Waals surface area contributed by atoms with Gasteiger partial charge in [-0.05, 0) is 54.4 Å². The minimum atomic E-state index is -0.360. The maximum atomic E-state index is 11.7. The van der Waals surface area contributed by atoms with E-state index in [1.54, 1.807) is 14.2 Å². The number of halogens is 2. The molecule has 1 aliphatic heterocycles. The van der Waals surface area contributed by atoms with E-state index in [1.165, 1.54) is 18.1 Å². The Morgan fingerprint density at radius 1 is 1.17 bits per heavy atom. The minimum Gasteiger partial charge on any atom is -0.493 e. The van der Waals surface area contributed by atoms with Crippen molar-refractivity contribution in [1.82, 2.24) is 4.90 Å². The highest BCUT2D eigenvalue weighted by Gasteiger charge is 2.30. The van der Waals surface area contributed by atoms with Gasteiger partial charge in [-0.25, -0.2) is 0 Å². The van der Waals surface area contributed by atoms with Crippen molar-refractivity contribution < 1.29 is 19.0 Å². The van der Waals surface area contributed by atoms with Crippen molar-refractivity contribution >= 4 is 30.0 Å². The molecule has 0 aromatic heterocycles. The Kier molecular flexibility index (Phi) is 8.20. The molecule has 0 fully saturated rings. The molecular weight excluding hydrogens is 413 g/mol. The van der Waals surface area contributed by atoms with Crippen molar-refractivity contribution in [3.05, 3.63) is 58.1 Å². The van der Waals surface area contributed by atoms with E-state index >= 15 is 0 Å². The normalized spacial score (nSPS) is 16.9. The summed E-state index contributed by atoms with van der Waals surface area (Å²) in [6.45, 7) is 2.36. The topological polar surface area (TPSA) is 48.0 Å². The van der Waals surface area contributed by atoms with Gasteiger partial charge in [-0.3, -0.25) is 9.69 Å². The summed E-state index contributed by atoms with van der Waals surface area (Å²) in [5.74, 6) is 1.14. The van der Waals surface area contributed by atoms with Gasteiger partial charge in [0.1, 0.15) is 6.10 Å². The van der Waals surface area contributed by atoms with E-state index in [0.29, 0.717) is 17.2 Å². The molecule has 3 rings (SSSR count). The van der Waals surface area contributed by atoms with Gasteiger partial charge in [-0.15, -0.1) is 12.4 Å². The van der Waals surface area contributed by atoms with E-state index in [1.807, 2.05) is 30.3 Å². The lowest BCUT2D eigenvalue weighted by Crippen LogP contribution is -2.33. The van der Waals surface area contributed by atoms with E-state index in [-0.39, 0.29) is 30.5 Å². The van der Waals surface area contributed by atoms with E-state index in [0.717, 1.165) is 24.3 Å². The second-order valence-electron chi connectivity index (χ2n) is 7.04. The Morgan fingerprint density at radius 3 is 2.38 bits per heavy atom. The van der Waals surface area contributed by atoms with Gasteiger partial charge in [0.2, 0.25) is 0 Å². The van der Waals surface area contributed by atoms with Crippen LogP contribution in [-0.4, -0.2) is 38.7 Å². The summed E-state index contributed by atoms with van der Waals surface area (Å²) in [6.07, 6.45) is 1.21. The van der Waals surface area contributed by atoms with Crippen molar-refractivity contribution in [3.63, 3.8) is 0 Å². The highest BCUT2D eigenvalue weighted by atomic mass is 35.5. The molecule has 0 N–H and O–H groups in total. The van der Waals surface area contributed by atoms with Crippen LogP contribution in [0, 0.1) is 0 Å². The minimum absolute atomic E-state index is 0. The van der Waals surface area contributed by atoms with Crippen LogP contribution < -0.4 is 9.47 Å². The highest BCUT2D eigenvalue weighted by molar-refractivity contribution is 6.30. The number of methoxy groups -OCH3 is 2. The molecular formula is C22H27Cl2NO4. The standard InChI is InChI=1S/C22H26ClNO4.ClH/c1-14(25)28-20(15-5-7-17(23)8-6-15)13-19-18-12-22(27-4)21(26-3)11-16(18)9-10-24(19)2;/h5-8,11-12,19-20H,9-10,13H2,1-4H3;1H. The molecule has 158 valence electrons. The van der Waals surface area contributed by atoms with Gasteiger partial charge in [0, 0.05) is 31.0 Å². The largest absolute Gasteiger partial charge is 0.493 e. The van der Waals surface area contributed by atoms with Crippen LogP contribution in [0.1, 0.15) is 42.2 Å². The zero-order valence-corrected chi connectivity index (χ0v) is 18.7. The summed E-state index contributed by atoms with van der Waals surface area (Å²) in [7, 11) is 5.38. The van der Waals surface area contributed by atoms with Crippen LogP contribution in [0.3, 0.4) is 0 Å². The molecule has 2 aromatic carbocycles. The van der Waals surface area contributed by atoms with Crippen LogP contribution in [-0.2, 0) is 16.0 Å². The first-order valence-corrected chi connectivity index (χ1v) is 9.68. The maximum Gasteiger partial charge on any atom is 0.303 e. The molecule has 0 spiro atoms. The SMILES string of the molecule is COc1cc2c(cc1OC)C(CC(OC(C)=O)c1ccc(Cl)cc1)N(C)CC2.Cl. The number of likely N-dealkylation sites (N-methyl/N-ethyl adjacent to an activating group) is 1. The highest BCUT2D eigenvalue weighted by Crippen LogP contribution is 2.41. The molecule has 1 aliphatic rings. The third kappa shape index (κ3) is 5.35. The van der Waals surface area contributed by atoms with Crippen molar-refractivity contribution in [2.75, 3.05) is 27.8 Å². The molecule has 5 nitrogen and oxygen atoms in total. The second kappa shape index (κ2) is 10.2. The fraction of sp³-hybridized carbons (Fsp3) is 0.409. The predicted octanol–water partition coefficient (Wildman–Crippen LogP) is 5.00. The van der Waals surface area contributed by atoms with E-state index < -0.39 is 0 Å². The number of benzene rings is 2. The molecule has 0 radical (unpaired) electrons. The summed E-state index contributed by atoms with van der Waals surface area (Å²) < 4.78 is 16.6. The number of hydrogen-bond acceptors (Lipinski definition) is 5. The zero-order valence-electron chi connectivity index (χ0n) is 17.1. The van der Waals surface area contributed by atoms with Crippen molar-refractivity contribution in [2.45, 2.75) is 31.9 Å². The van der Waals surface area contributed by atoms with Crippen LogP contribution >= 0.6 is 24.0 Å². The van der Waals surface area contributed by atoms with Crippen molar-refractivity contribution in [1.29, 1.82) is 0 Å². The number of hydrogen-bond donors (Lipinski definition) is 0. The maximum absolute atomic E-state index is 11.7. The number of carbonyl (C=O) groups excluding carboxylic acids is 1. The monoisotopic (exact) mass is 439 g/mol. The molecule has 0 saturated carbocycles. The van der Waals surface area contributed by atoms with Gasteiger partial charge in [0.25, 0.3) is 0 Å². The molecule has 2 atom stereocenters. The summed E-state index contributed by atoms with van der Waals surface area (Å²) in [6, 6.07) is 11.6. The summed E-state index contributed by atoms with van der Waals surface area (Å²) in [4.78, 5) is 14.0. The van der Waals surface area contributed by atoms with Crippen LogP contribution in [0.15, 0.2) is 36.4 Å². The van der Waals surface area contributed by atoms with Gasteiger partial charge < -0.3 is 14.2 Å². The Bertz CT molecular complexity index is 841. The zero-order chi connectivity index (χ0) is 20.3. The van der Waals surface area contributed by atoms with Gasteiger partial charge in [-0.2, -0.15) is 0 Å². The molecule has 7 heteroatoms. The lowest BCUT2D eigenvalue weighted by Gasteiger charge is -2.37. The Labute approximate surface area is 183 Å².